The number of hydrogen-bond donors (Lipinski definition) is 0. The first-order valence-electron chi connectivity index (χ1n) is 11.5. The predicted octanol–water partition coefficient (Wildman–Crippen LogP) is 7.84. The SMILES string of the molecule is CCCCCCCCOc1ccc2c(ccc3nc(OCCCCC)ccc32)c1F. The van der Waals surface area contributed by atoms with Crippen LogP contribution < -0.4 is 9.47 Å². The molecule has 0 aliphatic heterocycles. The highest BCUT2D eigenvalue weighted by molar-refractivity contribution is 6.06. The van der Waals surface area contributed by atoms with Gasteiger partial charge < -0.3 is 9.47 Å². The van der Waals surface area contributed by atoms with E-state index in [9.17, 15) is 0 Å². The molecule has 2 aromatic carbocycles. The molecule has 0 radical (unpaired) electrons. The Morgan fingerprint density at radius 2 is 1.30 bits per heavy atom. The summed E-state index contributed by atoms with van der Waals surface area (Å²) in [6.07, 6.45) is 10.5. The molecule has 30 heavy (non-hydrogen) atoms. The summed E-state index contributed by atoms with van der Waals surface area (Å²) in [4.78, 5) is 4.59. The highest BCUT2D eigenvalue weighted by Gasteiger charge is 2.12. The number of hydrogen-bond acceptors (Lipinski definition) is 3. The number of nitrogens with zero attached hydrogens (tertiary/aromatic N) is 1. The Hall–Kier alpha value is -2.36. The van der Waals surface area contributed by atoms with Crippen LogP contribution in [0.25, 0.3) is 21.7 Å². The molecule has 3 rings (SSSR count). The zero-order valence-corrected chi connectivity index (χ0v) is 18.4. The second-order valence-electron chi connectivity index (χ2n) is 7.93. The van der Waals surface area contributed by atoms with Crippen LogP contribution >= 0.6 is 0 Å². The van der Waals surface area contributed by atoms with Crippen molar-refractivity contribution in [1.29, 1.82) is 0 Å². The molecular formula is C26H34FNO2. The molecule has 0 atom stereocenters. The predicted molar refractivity (Wildman–Crippen MR) is 123 cm³/mol. The minimum absolute atomic E-state index is 0.291. The summed E-state index contributed by atoms with van der Waals surface area (Å²) in [6, 6.07) is 11.2. The van der Waals surface area contributed by atoms with E-state index in [-0.39, 0.29) is 5.82 Å². The highest BCUT2D eigenvalue weighted by atomic mass is 19.1. The van der Waals surface area contributed by atoms with Gasteiger partial charge in [0.15, 0.2) is 11.6 Å². The van der Waals surface area contributed by atoms with E-state index in [2.05, 4.69) is 18.8 Å². The van der Waals surface area contributed by atoms with Crippen molar-refractivity contribution in [3.8, 4) is 11.6 Å². The van der Waals surface area contributed by atoms with Crippen molar-refractivity contribution in [3.05, 3.63) is 42.2 Å². The fourth-order valence-electron chi connectivity index (χ4n) is 3.73. The maximum Gasteiger partial charge on any atom is 0.213 e. The molecule has 0 aliphatic carbocycles. The molecule has 0 amide bonds. The Balaban J connectivity index is 1.67. The van der Waals surface area contributed by atoms with Crippen molar-refractivity contribution in [1.82, 2.24) is 4.98 Å². The normalized spacial score (nSPS) is 11.3. The van der Waals surface area contributed by atoms with Crippen molar-refractivity contribution in [3.63, 3.8) is 0 Å². The maximum atomic E-state index is 15.0. The van der Waals surface area contributed by atoms with Crippen LogP contribution in [0.5, 0.6) is 11.6 Å². The summed E-state index contributed by atoms with van der Waals surface area (Å²) in [5.74, 6) is 0.664. The number of unbranched alkanes of at least 4 members (excludes halogenated alkanes) is 7. The van der Waals surface area contributed by atoms with E-state index in [0.29, 0.717) is 30.2 Å². The molecule has 0 N–H and O–H groups in total. The van der Waals surface area contributed by atoms with E-state index in [1.807, 2.05) is 24.3 Å². The lowest BCUT2D eigenvalue weighted by molar-refractivity contribution is 0.291. The first kappa shape index (κ1) is 22.3. The van der Waals surface area contributed by atoms with Crippen LogP contribution in [0.3, 0.4) is 0 Å². The number of fused-ring (bicyclic) bond motifs is 3. The lowest BCUT2D eigenvalue weighted by Crippen LogP contribution is -2.00. The third-order valence-electron chi connectivity index (χ3n) is 5.49. The van der Waals surface area contributed by atoms with Crippen LogP contribution in [0.2, 0.25) is 0 Å². The quantitative estimate of drug-likeness (QED) is 0.212. The van der Waals surface area contributed by atoms with E-state index in [4.69, 9.17) is 9.47 Å². The molecule has 0 bridgehead atoms. The van der Waals surface area contributed by atoms with Gasteiger partial charge in [0, 0.05) is 16.8 Å². The second kappa shape index (κ2) is 11.7. The van der Waals surface area contributed by atoms with Gasteiger partial charge in [0.05, 0.1) is 18.7 Å². The number of aromatic nitrogens is 1. The van der Waals surface area contributed by atoms with Crippen LogP contribution in [0, 0.1) is 5.82 Å². The van der Waals surface area contributed by atoms with Crippen molar-refractivity contribution >= 4 is 21.7 Å². The summed E-state index contributed by atoms with van der Waals surface area (Å²) in [5.41, 5.74) is 0.815. The minimum Gasteiger partial charge on any atom is -0.490 e. The van der Waals surface area contributed by atoms with Crippen LogP contribution in [0.15, 0.2) is 36.4 Å². The molecule has 0 spiro atoms. The molecule has 1 aromatic heterocycles. The number of ether oxygens (including phenoxy) is 2. The molecule has 0 fully saturated rings. The van der Waals surface area contributed by atoms with Gasteiger partial charge in [-0.3, -0.25) is 0 Å². The van der Waals surface area contributed by atoms with Gasteiger partial charge in [0.1, 0.15) is 0 Å². The van der Waals surface area contributed by atoms with Gasteiger partial charge in [-0.05, 0) is 48.6 Å². The molecule has 162 valence electrons. The van der Waals surface area contributed by atoms with Crippen LogP contribution in [0.1, 0.15) is 71.6 Å². The highest BCUT2D eigenvalue weighted by Crippen LogP contribution is 2.32. The minimum atomic E-state index is -0.291. The summed E-state index contributed by atoms with van der Waals surface area (Å²) in [7, 11) is 0. The summed E-state index contributed by atoms with van der Waals surface area (Å²) in [5, 5.41) is 2.35. The molecular weight excluding hydrogens is 377 g/mol. The number of pyridine rings is 1. The van der Waals surface area contributed by atoms with Gasteiger partial charge in [0.25, 0.3) is 0 Å². The smallest absolute Gasteiger partial charge is 0.213 e. The summed E-state index contributed by atoms with van der Waals surface area (Å²) in [6.45, 7) is 5.62. The summed E-state index contributed by atoms with van der Waals surface area (Å²) >= 11 is 0. The molecule has 1 heterocycles. The Labute approximate surface area is 179 Å². The standard InChI is InChI=1S/C26H34FNO2/c1-3-5-7-8-9-11-18-29-24-16-13-20-21-14-17-25(30-19-10-6-4-2)28-23(21)15-12-22(20)26(24)27/h12-17H,3-11,18-19H2,1-2H3. The summed E-state index contributed by atoms with van der Waals surface area (Å²) < 4.78 is 26.5. The average molecular weight is 412 g/mol. The zero-order valence-electron chi connectivity index (χ0n) is 18.4. The van der Waals surface area contributed by atoms with Crippen LogP contribution in [0.4, 0.5) is 4.39 Å². The number of benzene rings is 2. The molecule has 0 aliphatic rings. The van der Waals surface area contributed by atoms with E-state index in [0.717, 1.165) is 48.4 Å². The van der Waals surface area contributed by atoms with E-state index in [1.165, 1.54) is 25.7 Å². The lowest BCUT2D eigenvalue weighted by atomic mass is 10.0. The number of halogens is 1. The van der Waals surface area contributed by atoms with Crippen molar-refractivity contribution in [2.45, 2.75) is 71.6 Å². The van der Waals surface area contributed by atoms with E-state index in [1.54, 1.807) is 12.1 Å². The third kappa shape index (κ3) is 5.84. The topological polar surface area (TPSA) is 31.4 Å². The van der Waals surface area contributed by atoms with E-state index < -0.39 is 0 Å². The van der Waals surface area contributed by atoms with Gasteiger partial charge in [-0.2, -0.15) is 0 Å². The first-order chi connectivity index (χ1) is 14.7. The van der Waals surface area contributed by atoms with Crippen molar-refractivity contribution < 1.29 is 13.9 Å². The van der Waals surface area contributed by atoms with E-state index >= 15 is 4.39 Å². The van der Waals surface area contributed by atoms with Gasteiger partial charge in [-0.15, -0.1) is 0 Å². The average Bonchev–Trinajstić information content (AvgIpc) is 2.77. The molecule has 3 nitrogen and oxygen atoms in total. The molecule has 0 saturated carbocycles. The molecule has 3 aromatic rings. The lowest BCUT2D eigenvalue weighted by Gasteiger charge is -2.11. The molecule has 4 heteroatoms. The second-order valence-corrected chi connectivity index (χ2v) is 7.93. The Morgan fingerprint density at radius 1 is 0.667 bits per heavy atom. The fraction of sp³-hybridized carbons (Fsp3) is 0.500. The Morgan fingerprint density at radius 3 is 2.13 bits per heavy atom. The molecule has 0 saturated heterocycles. The first-order valence-corrected chi connectivity index (χ1v) is 11.5. The zero-order chi connectivity index (χ0) is 21.2. The van der Waals surface area contributed by atoms with Crippen LogP contribution in [-0.2, 0) is 0 Å². The van der Waals surface area contributed by atoms with Gasteiger partial charge >= 0.3 is 0 Å². The monoisotopic (exact) mass is 411 g/mol. The van der Waals surface area contributed by atoms with Crippen molar-refractivity contribution in [2.75, 3.05) is 13.2 Å². The number of rotatable bonds is 13. The van der Waals surface area contributed by atoms with Gasteiger partial charge in [0.2, 0.25) is 5.88 Å². The maximum absolute atomic E-state index is 15.0. The Kier molecular flexibility index (Phi) is 8.73. The van der Waals surface area contributed by atoms with Gasteiger partial charge in [-0.25, -0.2) is 9.37 Å². The van der Waals surface area contributed by atoms with Crippen LogP contribution in [-0.4, -0.2) is 18.2 Å². The van der Waals surface area contributed by atoms with Crippen molar-refractivity contribution in [2.24, 2.45) is 0 Å². The largest absolute Gasteiger partial charge is 0.490 e. The third-order valence-corrected chi connectivity index (χ3v) is 5.49. The Bertz CT molecular complexity index is 941. The van der Waals surface area contributed by atoms with Gasteiger partial charge in [-0.1, -0.05) is 58.8 Å². The fourth-order valence-corrected chi connectivity index (χ4v) is 3.73. The molecule has 0 unspecified atom stereocenters.